The molecule has 1 heterocycles. The van der Waals surface area contributed by atoms with Gasteiger partial charge in [0, 0.05) is 11.1 Å². The summed E-state index contributed by atoms with van der Waals surface area (Å²) in [5.74, 6) is -1.03. The number of aliphatic hydroxyl groups excluding tert-OH is 1. The van der Waals surface area contributed by atoms with Crippen LogP contribution in [0.5, 0.6) is 17.2 Å². The lowest BCUT2D eigenvalue weighted by Crippen LogP contribution is -2.29. The van der Waals surface area contributed by atoms with Crippen molar-refractivity contribution in [3.8, 4) is 17.2 Å². The molecule has 0 aliphatic carbocycles. The number of Topliss-reactive ketones (excluding diaryl/α,β-unsaturated/α-hetero) is 1. The number of ketones is 1. The van der Waals surface area contributed by atoms with Crippen LogP contribution in [0.25, 0.3) is 5.76 Å². The van der Waals surface area contributed by atoms with E-state index in [1.807, 2.05) is 0 Å². The molecule has 3 aromatic rings. The van der Waals surface area contributed by atoms with Crippen LogP contribution in [0.3, 0.4) is 0 Å². The Labute approximate surface area is 208 Å². The summed E-state index contributed by atoms with van der Waals surface area (Å²) in [7, 11) is 4.51. The monoisotopic (exact) mass is 491 g/mol. The quantitative estimate of drug-likeness (QED) is 0.291. The molecule has 1 aliphatic heterocycles. The maximum absolute atomic E-state index is 13.9. The van der Waals surface area contributed by atoms with Crippen LogP contribution in [0.15, 0.2) is 66.2 Å². The molecule has 0 saturated carbocycles. The molecule has 7 nitrogen and oxygen atoms in total. The maximum atomic E-state index is 13.9. The summed E-state index contributed by atoms with van der Waals surface area (Å²) in [4.78, 5) is 28.0. The molecule has 8 heteroatoms. The van der Waals surface area contributed by atoms with Crippen LogP contribution in [0.4, 0.5) is 4.39 Å². The number of likely N-dealkylation sites (tertiary alicyclic amines) is 1. The molecule has 186 valence electrons. The molecule has 3 aromatic carbocycles. The Morgan fingerprint density at radius 3 is 2.28 bits per heavy atom. The number of benzene rings is 3. The number of aryl methyl sites for hydroxylation is 1. The van der Waals surface area contributed by atoms with Crippen molar-refractivity contribution < 1.29 is 33.3 Å². The molecule has 0 aromatic heterocycles. The molecule has 1 saturated heterocycles. The summed E-state index contributed by atoms with van der Waals surface area (Å²) in [6.45, 7) is 1.60. The zero-order valence-corrected chi connectivity index (χ0v) is 20.4. The predicted molar refractivity (Wildman–Crippen MR) is 132 cm³/mol. The normalized spacial score (nSPS) is 16.8. The fourth-order valence-electron chi connectivity index (χ4n) is 4.38. The number of para-hydroxylation sites is 1. The van der Waals surface area contributed by atoms with E-state index in [9.17, 15) is 19.1 Å². The molecule has 0 radical (unpaired) electrons. The van der Waals surface area contributed by atoms with E-state index in [4.69, 9.17) is 14.2 Å². The zero-order chi connectivity index (χ0) is 26.0. The standard InChI is InChI=1S/C28H26FNO6/c1-16-13-18(9-11-20(16)29)26(31)24-25(17-10-12-22(35-3)23(14-17)36-4)30(28(33)27(24)32)15-19-7-5-6-8-21(19)34-2/h5-14,25,31H,15H2,1-4H3/b26-24-. The van der Waals surface area contributed by atoms with Crippen molar-refractivity contribution in [3.05, 3.63) is 94.3 Å². The van der Waals surface area contributed by atoms with E-state index < -0.39 is 29.3 Å². The number of hydrogen-bond acceptors (Lipinski definition) is 6. The number of nitrogens with zero attached hydrogens (tertiary/aromatic N) is 1. The van der Waals surface area contributed by atoms with Gasteiger partial charge in [0.2, 0.25) is 0 Å². The third-order valence-electron chi connectivity index (χ3n) is 6.23. The number of rotatable bonds is 7. The molecule has 0 spiro atoms. The van der Waals surface area contributed by atoms with Crippen LogP contribution in [-0.2, 0) is 16.1 Å². The first kappa shape index (κ1) is 24.8. The second-order valence-electron chi connectivity index (χ2n) is 8.32. The summed E-state index contributed by atoms with van der Waals surface area (Å²) in [5.41, 5.74) is 1.64. The minimum Gasteiger partial charge on any atom is -0.507 e. The van der Waals surface area contributed by atoms with E-state index in [1.54, 1.807) is 49.4 Å². The van der Waals surface area contributed by atoms with Crippen molar-refractivity contribution in [2.24, 2.45) is 0 Å². The molecular formula is C28H26FNO6. The molecule has 4 rings (SSSR count). The Balaban J connectivity index is 1.92. The first-order valence-corrected chi connectivity index (χ1v) is 11.2. The Kier molecular flexibility index (Phi) is 6.96. The molecule has 1 amide bonds. The summed E-state index contributed by atoms with van der Waals surface area (Å²) in [6, 6.07) is 15.3. The van der Waals surface area contributed by atoms with Crippen LogP contribution in [-0.4, -0.2) is 43.0 Å². The summed E-state index contributed by atoms with van der Waals surface area (Å²) < 4.78 is 30.1. The average Bonchev–Trinajstić information content (AvgIpc) is 3.14. The van der Waals surface area contributed by atoms with Crippen LogP contribution >= 0.6 is 0 Å². The van der Waals surface area contributed by atoms with Crippen molar-refractivity contribution in [2.75, 3.05) is 21.3 Å². The van der Waals surface area contributed by atoms with Gasteiger partial charge in [-0.25, -0.2) is 4.39 Å². The van der Waals surface area contributed by atoms with Gasteiger partial charge in [0.1, 0.15) is 17.3 Å². The summed E-state index contributed by atoms with van der Waals surface area (Å²) in [6.07, 6.45) is 0. The second-order valence-corrected chi connectivity index (χ2v) is 8.32. The van der Waals surface area contributed by atoms with Gasteiger partial charge in [0.15, 0.2) is 11.5 Å². The highest BCUT2D eigenvalue weighted by atomic mass is 19.1. The molecule has 1 unspecified atom stereocenters. The topological polar surface area (TPSA) is 85.3 Å². The molecule has 1 aliphatic rings. The number of carbonyl (C=O) groups is 2. The van der Waals surface area contributed by atoms with Crippen molar-refractivity contribution in [1.29, 1.82) is 0 Å². The Hall–Kier alpha value is -4.33. The largest absolute Gasteiger partial charge is 0.507 e. The highest BCUT2D eigenvalue weighted by Gasteiger charge is 2.46. The van der Waals surface area contributed by atoms with Gasteiger partial charge in [-0.05, 0) is 54.4 Å². The second kappa shape index (κ2) is 10.1. The molecule has 1 atom stereocenters. The van der Waals surface area contributed by atoms with E-state index in [0.29, 0.717) is 33.9 Å². The van der Waals surface area contributed by atoms with E-state index in [-0.39, 0.29) is 17.7 Å². The molecule has 0 bridgehead atoms. The van der Waals surface area contributed by atoms with Gasteiger partial charge >= 0.3 is 0 Å². The number of methoxy groups -OCH3 is 3. The van der Waals surface area contributed by atoms with E-state index in [2.05, 4.69) is 0 Å². The van der Waals surface area contributed by atoms with Crippen molar-refractivity contribution in [2.45, 2.75) is 19.5 Å². The molecule has 36 heavy (non-hydrogen) atoms. The van der Waals surface area contributed by atoms with Crippen molar-refractivity contribution in [3.63, 3.8) is 0 Å². The third-order valence-corrected chi connectivity index (χ3v) is 6.23. The third kappa shape index (κ3) is 4.37. The maximum Gasteiger partial charge on any atom is 0.295 e. The Bertz CT molecular complexity index is 1370. The highest BCUT2D eigenvalue weighted by molar-refractivity contribution is 6.46. The van der Waals surface area contributed by atoms with Gasteiger partial charge in [0.25, 0.3) is 11.7 Å². The molecule has 1 fully saturated rings. The molecule has 1 N–H and O–H groups in total. The fraction of sp³-hybridized carbons (Fsp3) is 0.214. The number of ether oxygens (including phenoxy) is 3. The van der Waals surface area contributed by atoms with Crippen LogP contribution < -0.4 is 14.2 Å². The van der Waals surface area contributed by atoms with Crippen LogP contribution in [0.1, 0.15) is 28.3 Å². The van der Waals surface area contributed by atoms with Gasteiger partial charge in [-0.1, -0.05) is 24.3 Å². The van der Waals surface area contributed by atoms with Gasteiger partial charge in [-0.2, -0.15) is 0 Å². The minimum absolute atomic E-state index is 0.0484. The number of amides is 1. The number of aliphatic hydroxyl groups is 1. The summed E-state index contributed by atoms with van der Waals surface area (Å²) >= 11 is 0. The van der Waals surface area contributed by atoms with E-state index in [1.165, 1.54) is 44.4 Å². The average molecular weight is 492 g/mol. The lowest BCUT2D eigenvalue weighted by Gasteiger charge is -2.26. The number of carbonyl (C=O) groups excluding carboxylic acids is 2. The number of hydrogen-bond donors (Lipinski definition) is 1. The minimum atomic E-state index is -0.944. The highest BCUT2D eigenvalue weighted by Crippen LogP contribution is 2.43. The lowest BCUT2D eigenvalue weighted by molar-refractivity contribution is -0.140. The van der Waals surface area contributed by atoms with Crippen LogP contribution in [0.2, 0.25) is 0 Å². The predicted octanol–water partition coefficient (Wildman–Crippen LogP) is 4.78. The van der Waals surface area contributed by atoms with Crippen LogP contribution in [0, 0.1) is 12.7 Å². The first-order chi connectivity index (χ1) is 17.3. The van der Waals surface area contributed by atoms with Gasteiger partial charge in [0.05, 0.1) is 39.5 Å². The van der Waals surface area contributed by atoms with E-state index in [0.717, 1.165) is 0 Å². The lowest BCUT2D eigenvalue weighted by atomic mass is 9.94. The smallest absolute Gasteiger partial charge is 0.295 e. The van der Waals surface area contributed by atoms with E-state index >= 15 is 0 Å². The summed E-state index contributed by atoms with van der Waals surface area (Å²) in [5, 5.41) is 11.2. The van der Waals surface area contributed by atoms with Crippen molar-refractivity contribution >= 4 is 17.4 Å². The van der Waals surface area contributed by atoms with Crippen molar-refractivity contribution in [1.82, 2.24) is 4.90 Å². The Morgan fingerprint density at radius 1 is 0.917 bits per heavy atom. The van der Waals surface area contributed by atoms with Gasteiger partial charge in [-0.3, -0.25) is 9.59 Å². The Morgan fingerprint density at radius 2 is 1.61 bits per heavy atom. The zero-order valence-electron chi connectivity index (χ0n) is 20.4. The van der Waals surface area contributed by atoms with Gasteiger partial charge in [-0.15, -0.1) is 0 Å². The SMILES string of the molecule is COc1ccccc1CN1C(=O)C(=O)/C(=C(\O)c2ccc(F)c(C)c2)C1c1ccc(OC)c(OC)c1. The molecular weight excluding hydrogens is 465 g/mol. The van der Waals surface area contributed by atoms with Gasteiger partial charge < -0.3 is 24.2 Å². The number of halogens is 1. The fourth-order valence-corrected chi connectivity index (χ4v) is 4.38. The first-order valence-electron chi connectivity index (χ1n) is 11.2.